The van der Waals surface area contributed by atoms with Gasteiger partial charge in [0, 0.05) is 4.47 Å². The number of benzene rings is 2. The van der Waals surface area contributed by atoms with Crippen LogP contribution in [0.2, 0.25) is 0 Å². The van der Waals surface area contributed by atoms with Crippen molar-refractivity contribution >= 4 is 38.3 Å². The van der Waals surface area contributed by atoms with E-state index < -0.39 is 0 Å². The van der Waals surface area contributed by atoms with Gasteiger partial charge in [0.2, 0.25) is 0 Å². The van der Waals surface area contributed by atoms with Crippen molar-refractivity contribution < 1.29 is 0 Å². The van der Waals surface area contributed by atoms with Gasteiger partial charge in [-0.15, -0.1) is 11.6 Å². The van der Waals surface area contributed by atoms with Crippen LogP contribution >= 0.6 is 27.5 Å². The van der Waals surface area contributed by atoms with E-state index in [9.17, 15) is 0 Å². The lowest BCUT2D eigenvalue weighted by Crippen LogP contribution is -2.04. The first-order valence-corrected chi connectivity index (χ1v) is 9.30. The van der Waals surface area contributed by atoms with Gasteiger partial charge in [-0.25, -0.2) is 0 Å². The number of halogens is 2. The number of hydrogen-bond acceptors (Lipinski definition) is 0. The second kappa shape index (κ2) is 4.49. The van der Waals surface area contributed by atoms with Gasteiger partial charge in [0.25, 0.3) is 0 Å². The summed E-state index contributed by atoms with van der Waals surface area (Å²) in [5.41, 5.74) is 1.34. The molecule has 0 saturated heterocycles. The quantitative estimate of drug-likeness (QED) is 0.561. The molecule has 0 spiro atoms. The molecule has 0 N–H and O–H groups in total. The predicted octanol–water partition coefficient (Wildman–Crippen LogP) is 6.17. The molecule has 3 fully saturated rings. The van der Waals surface area contributed by atoms with E-state index in [1.165, 1.54) is 40.1 Å². The Balaban J connectivity index is 1.55. The highest BCUT2D eigenvalue weighted by atomic mass is 79.9. The number of rotatable bonds is 2. The molecule has 0 heterocycles. The third-order valence-corrected chi connectivity index (χ3v) is 7.55. The number of fused-ring (bicyclic) bond motifs is 6. The molecule has 3 saturated carbocycles. The molecule has 5 atom stereocenters. The lowest BCUT2D eigenvalue weighted by atomic mass is 9.94. The Morgan fingerprint density at radius 3 is 2.33 bits per heavy atom. The van der Waals surface area contributed by atoms with E-state index in [4.69, 9.17) is 11.6 Å². The number of alkyl halides is 1. The van der Waals surface area contributed by atoms with Crippen molar-refractivity contribution in [1.29, 1.82) is 0 Å². The molecule has 0 amide bonds. The smallest absolute Gasteiger partial charge is 0.0625 e. The third kappa shape index (κ3) is 1.74. The average Bonchev–Trinajstić information content (AvgIpc) is 2.95. The first-order valence-electron chi connectivity index (χ1n) is 8.07. The highest BCUT2D eigenvalue weighted by Gasteiger charge is 2.66. The molecular weight excluding hydrogens is 344 g/mol. The zero-order valence-electron chi connectivity index (χ0n) is 11.8. The Labute approximate surface area is 139 Å². The van der Waals surface area contributed by atoms with Gasteiger partial charge < -0.3 is 0 Å². The monoisotopic (exact) mass is 360 g/mol. The van der Waals surface area contributed by atoms with Crippen molar-refractivity contribution in [3.63, 3.8) is 0 Å². The van der Waals surface area contributed by atoms with E-state index in [0.29, 0.717) is 0 Å². The fourth-order valence-corrected chi connectivity index (χ4v) is 6.52. The Bertz CT molecular complexity index is 709. The molecule has 2 heteroatoms. The zero-order chi connectivity index (χ0) is 14.1. The van der Waals surface area contributed by atoms with Crippen LogP contribution in [0.4, 0.5) is 0 Å². The van der Waals surface area contributed by atoms with Gasteiger partial charge in [0.1, 0.15) is 0 Å². The molecule has 2 aromatic rings. The first-order chi connectivity index (χ1) is 10.3. The summed E-state index contributed by atoms with van der Waals surface area (Å²) in [5, 5.41) is 2.81. The second-order valence-corrected chi connectivity index (χ2v) is 8.47. The third-order valence-electron chi connectivity index (χ3n) is 6.33. The number of hydrogen-bond donors (Lipinski definition) is 0. The van der Waals surface area contributed by atoms with Crippen LogP contribution in [-0.4, -0.2) is 0 Å². The standard InChI is InChI=1S/C19H18BrCl/c20-15-8-7-14(12-3-1-2-4-13(12)15)19(21)18-16-10-5-6-11(9-10)17(16)18/h1-4,7-8,10-11,16-19H,5-6,9H2. The molecule has 0 radical (unpaired) electrons. The minimum Gasteiger partial charge on any atom is -0.117 e. The highest BCUT2D eigenvalue weighted by Crippen LogP contribution is 2.73. The Hall–Kier alpha value is -0.530. The Morgan fingerprint density at radius 2 is 1.62 bits per heavy atom. The SMILES string of the molecule is ClC(c1ccc(Br)c2ccccc12)C1C2C3CCC(C3)C21. The van der Waals surface area contributed by atoms with Crippen LogP contribution in [0.3, 0.4) is 0 Å². The minimum absolute atomic E-state index is 0.196. The van der Waals surface area contributed by atoms with E-state index in [-0.39, 0.29) is 5.38 Å². The van der Waals surface area contributed by atoms with Crippen molar-refractivity contribution in [2.45, 2.75) is 24.6 Å². The lowest BCUT2D eigenvalue weighted by molar-refractivity contribution is 0.455. The van der Waals surface area contributed by atoms with Crippen LogP contribution in [-0.2, 0) is 0 Å². The van der Waals surface area contributed by atoms with Gasteiger partial charge in [-0.1, -0.05) is 46.3 Å². The van der Waals surface area contributed by atoms with Gasteiger partial charge in [-0.05, 0) is 71.3 Å². The second-order valence-electron chi connectivity index (χ2n) is 7.15. The molecule has 5 rings (SSSR count). The van der Waals surface area contributed by atoms with Crippen LogP contribution in [0.25, 0.3) is 10.8 Å². The van der Waals surface area contributed by atoms with Crippen molar-refractivity contribution in [3.8, 4) is 0 Å². The predicted molar refractivity (Wildman–Crippen MR) is 91.5 cm³/mol. The fraction of sp³-hybridized carbons (Fsp3) is 0.474. The maximum atomic E-state index is 6.98. The highest BCUT2D eigenvalue weighted by molar-refractivity contribution is 9.10. The van der Waals surface area contributed by atoms with E-state index in [1.54, 1.807) is 0 Å². The van der Waals surface area contributed by atoms with Crippen molar-refractivity contribution in [3.05, 3.63) is 46.4 Å². The minimum atomic E-state index is 0.196. The summed E-state index contributed by atoms with van der Waals surface area (Å²) in [4.78, 5) is 0. The molecule has 21 heavy (non-hydrogen) atoms. The maximum Gasteiger partial charge on any atom is 0.0625 e. The van der Waals surface area contributed by atoms with Crippen LogP contribution in [0, 0.1) is 29.6 Å². The molecule has 2 aromatic carbocycles. The van der Waals surface area contributed by atoms with Crippen LogP contribution in [0.15, 0.2) is 40.9 Å². The summed E-state index contributed by atoms with van der Waals surface area (Å²) in [7, 11) is 0. The fourth-order valence-electron chi connectivity index (χ4n) is 5.52. The molecule has 2 bridgehead atoms. The van der Waals surface area contributed by atoms with E-state index in [0.717, 1.165) is 29.6 Å². The normalized spacial score (nSPS) is 37.7. The van der Waals surface area contributed by atoms with Crippen molar-refractivity contribution in [2.75, 3.05) is 0 Å². The summed E-state index contributed by atoms with van der Waals surface area (Å²) in [6, 6.07) is 13.0. The van der Waals surface area contributed by atoms with Gasteiger partial charge in [0.15, 0.2) is 0 Å². The molecule has 5 unspecified atom stereocenters. The lowest BCUT2D eigenvalue weighted by Gasteiger charge is -2.17. The molecular formula is C19H18BrCl. The van der Waals surface area contributed by atoms with Crippen LogP contribution in [0.5, 0.6) is 0 Å². The molecule has 0 aliphatic heterocycles. The largest absolute Gasteiger partial charge is 0.117 e. The molecule has 3 aliphatic carbocycles. The summed E-state index contributed by atoms with van der Waals surface area (Å²) in [5.74, 6) is 4.60. The van der Waals surface area contributed by atoms with E-state index in [1.807, 2.05) is 0 Å². The first kappa shape index (κ1) is 13.0. The molecule has 0 aromatic heterocycles. The average molecular weight is 362 g/mol. The summed E-state index contributed by atoms with van der Waals surface area (Å²) >= 11 is 10.6. The van der Waals surface area contributed by atoms with Gasteiger partial charge in [0.05, 0.1) is 5.38 Å². The summed E-state index contributed by atoms with van der Waals surface area (Å²) in [6.07, 6.45) is 4.43. The molecule has 0 nitrogen and oxygen atoms in total. The van der Waals surface area contributed by atoms with Crippen LogP contribution < -0.4 is 0 Å². The molecule has 3 aliphatic rings. The summed E-state index contributed by atoms with van der Waals surface area (Å²) in [6.45, 7) is 0. The maximum absolute atomic E-state index is 6.98. The van der Waals surface area contributed by atoms with Gasteiger partial charge >= 0.3 is 0 Å². The summed E-state index contributed by atoms with van der Waals surface area (Å²) < 4.78 is 1.17. The van der Waals surface area contributed by atoms with Crippen molar-refractivity contribution in [2.24, 2.45) is 29.6 Å². The molecule has 108 valence electrons. The van der Waals surface area contributed by atoms with Crippen molar-refractivity contribution in [1.82, 2.24) is 0 Å². The van der Waals surface area contributed by atoms with Gasteiger partial charge in [-0.3, -0.25) is 0 Å². The zero-order valence-corrected chi connectivity index (χ0v) is 14.1. The topological polar surface area (TPSA) is 0 Å². The Morgan fingerprint density at radius 1 is 0.952 bits per heavy atom. The van der Waals surface area contributed by atoms with E-state index in [2.05, 4.69) is 52.3 Å². The van der Waals surface area contributed by atoms with Crippen LogP contribution in [0.1, 0.15) is 30.2 Å². The van der Waals surface area contributed by atoms with Gasteiger partial charge in [-0.2, -0.15) is 0 Å². The van der Waals surface area contributed by atoms with E-state index >= 15 is 0 Å². The Kier molecular flexibility index (Phi) is 2.77.